The number of carbonyl (C=O) groups is 1. The lowest BCUT2D eigenvalue weighted by Crippen LogP contribution is -2.45. The molecule has 1 aliphatic carbocycles. The van der Waals surface area contributed by atoms with Crippen LogP contribution >= 0.6 is 0 Å². The summed E-state index contributed by atoms with van der Waals surface area (Å²) in [6, 6.07) is 10.9. The fourth-order valence-electron chi connectivity index (χ4n) is 3.55. The van der Waals surface area contributed by atoms with Crippen LogP contribution in [-0.2, 0) is 16.1 Å². The number of hydrogen-bond acceptors (Lipinski definition) is 3. The zero-order chi connectivity index (χ0) is 12.5. The zero-order valence-electron chi connectivity index (χ0n) is 10.7. The number of likely N-dealkylation sites (tertiary alicyclic amines) is 1. The van der Waals surface area contributed by atoms with E-state index in [1.165, 1.54) is 25.5 Å². The Morgan fingerprint density at radius 2 is 2.11 bits per heavy atom. The maximum atomic E-state index is 11.9. The van der Waals surface area contributed by atoms with Crippen LogP contribution in [0.2, 0.25) is 0 Å². The van der Waals surface area contributed by atoms with Gasteiger partial charge in [-0.2, -0.15) is 0 Å². The second-order valence-corrected chi connectivity index (χ2v) is 5.35. The van der Waals surface area contributed by atoms with E-state index < -0.39 is 0 Å². The normalized spacial score (nSPS) is 30.6. The zero-order valence-corrected chi connectivity index (χ0v) is 10.7. The van der Waals surface area contributed by atoms with Crippen LogP contribution in [0.25, 0.3) is 0 Å². The van der Waals surface area contributed by atoms with Crippen LogP contribution in [0.5, 0.6) is 0 Å². The maximum Gasteiger partial charge on any atom is 0.323 e. The van der Waals surface area contributed by atoms with E-state index in [9.17, 15) is 4.79 Å². The lowest BCUT2D eigenvalue weighted by atomic mass is 9.98. The Kier molecular flexibility index (Phi) is 3.08. The highest BCUT2D eigenvalue weighted by molar-refractivity contribution is 5.76. The molecule has 0 amide bonds. The summed E-state index contributed by atoms with van der Waals surface area (Å²) in [6.45, 7) is 0.863. The lowest BCUT2D eigenvalue weighted by molar-refractivity contribution is -0.149. The highest BCUT2D eigenvalue weighted by atomic mass is 16.5. The van der Waals surface area contributed by atoms with Crippen LogP contribution in [0.15, 0.2) is 30.3 Å². The quantitative estimate of drug-likeness (QED) is 0.765. The van der Waals surface area contributed by atoms with Crippen LogP contribution in [0.3, 0.4) is 0 Å². The summed E-state index contributed by atoms with van der Waals surface area (Å²) in [5.74, 6) is 0.448. The van der Waals surface area contributed by atoms with Gasteiger partial charge in [0.2, 0.25) is 0 Å². The van der Waals surface area contributed by atoms with E-state index in [0.717, 1.165) is 13.0 Å². The van der Waals surface area contributed by atoms with Crippen molar-refractivity contribution < 1.29 is 9.53 Å². The third-order valence-corrected chi connectivity index (χ3v) is 4.37. The number of hydrogen-bond donors (Lipinski definition) is 0. The van der Waals surface area contributed by atoms with E-state index in [0.29, 0.717) is 12.0 Å². The molecule has 96 valence electrons. The van der Waals surface area contributed by atoms with Crippen molar-refractivity contribution in [1.29, 1.82) is 0 Å². The van der Waals surface area contributed by atoms with Gasteiger partial charge in [0.1, 0.15) is 6.04 Å². The van der Waals surface area contributed by atoms with Gasteiger partial charge < -0.3 is 4.74 Å². The van der Waals surface area contributed by atoms with Crippen molar-refractivity contribution in [3.63, 3.8) is 0 Å². The van der Waals surface area contributed by atoms with Crippen molar-refractivity contribution in [1.82, 2.24) is 4.90 Å². The molecule has 1 aromatic carbocycles. The van der Waals surface area contributed by atoms with E-state index >= 15 is 0 Å². The Labute approximate surface area is 108 Å². The first-order valence-electron chi connectivity index (χ1n) is 6.67. The fourth-order valence-corrected chi connectivity index (χ4v) is 3.55. The molecule has 0 spiro atoms. The van der Waals surface area contributed by atoms with Gasteiger partial charge in [-0.05, 0) is 30.7 Å². The van der Waals surface area contributed by atoms with Crippen molar-refractivity contribution in [2.75, 3.05) is 7.11 Å². The summed E-state index contributed by atoms with van der Waals surface area (Å²) in [4.78, 5) is 14.3. The molecule has 18 heavy (non-hydrogen) atoms. The molecule has 3 atom stereocenters. The van der Waals surface area contributed by atoms with E-state index in [1.807, 2.05) is 6.07 Å². The molecule has 0 aromatic heterocycles. The number of piperidine rings is 1. The standard InChI is InChI=1S/C15H19NO2/c1-18-15(17)14-12-7-8-13(9-12)16(14)10-11-5-3-2-4-6-11/h2-6,12-14H,7-10H2,1H3/t12-,13-,14+/m0/s1. The Hall–Kier alpha value is -1.35. The molecule has 2 aliphatic rings. The molecule has 0 N–H and O–H groups in total. The molecule has 3 rings (SSSR count). The van der Waals surface area contributed by atoms with Gasteiger partial charge in [-0.25, -0.2) is 0 Å². The topological polar surface area (TPSA) is 29.5 Å². The second-order valence-electron chi connectivity index (χ2n) is 5.35. The predicted molar refractivity (Wildman–Crippen MR) is 68.9 cm³/mol. The van der Waals surface area contributed by atoms with Gasteiger partial charge in [0.25, 0.3) is 0 Å². The molecule has 1 aromatic rings. The van der Waals surface area contributed by atoms with Crippen molar-refractivity contribution in [3.8, 4) is 0 Å². The van der Waals surface area contributed by atoms with Gasteiger partial charge in [0.15, 0.2) is 0 Å². The highest BCUT2D eigenvalue weighted by Crippen LogP contribution is 2.43. The molecule has 2 fully saturated rings. The Bertz CT molecular complexity index is 431. The molecule has 3 nitrogen and oxygen atoms in total. The van der Waals surface area contributed by atoms with E-state index in [-0.39, 0.29) is 12.0 Å². The average molecular weight is 245 g/mol. The first kappa shape index (κ1) is 11.7. The average Bonchev–Trinajstić information content (AvgIpc) is 3.00. The number of ether oxygens (including phenoxy) is 1. The first-order chi connectivity index (χ1) is 8.79. The number of benzene rings is 1. The van der Waals surface area contributed by atoms with E-state index in [4.69, 9.17) is 4.74 Å². The highest BCUT2D eigenvalue weighted by Gasteiger charge is 2.49. The molecular formula is C15H19NO2. The number of fused-ring (bicyclic) bond motifs is 2. The van der Waals surface area contributed by atoms with Crippen molar-refractivity contribution in [2.24, 2.45) is 5.92 Å². The second kappa shape index (κ2) is 4.73. The Morgan fingerprint density at radius 1 is 1.33 bits per heavy atom. The first-order valence-corrected chi connectivity index (χ1v) is 6.67. The minimum atomic E-state index is -0.0573. The van der Waals surface area contributed by atoms with Crippen molar-refractivity contribution >= 4 is 5.97 Å². The SMILES string of the molecule is COC(=O)[C@H]1[C@H]2CC[C@@H](C2)N1Cc1ccccc1. The van der Waals surface area contributed by atoms with E-state index in [1.54, 1.807) is 0 Å². The molecule has 1 heterocycles. The Balaban J connectivity index is 1.79. The molecule has 1 saturated carbocycles. The summed E-state index contributed by atoms with van der Waals surface area (Å²) in [7, 11) is 1.50. The molecule has 0 unspecified atom stereocenters. The van der Waals surface area contributed by atoms with Gasteiger partial charge in [0.05, 0.1) is 7.11 Å². The summed E-state index contributed by atoms with van der Waals surface area (Å²) < 4.78 is 4.97. The lowest BCUT2D eigenvalue weighted by Gasteiger charge is -2.33. The number of esters is 1. The summed E-state index contributed by atoms with van der Waals surface area (Å²) >= 11 is 0. The van der Waals surface area contributed by atoms with Gasteiger partial charge in [-0.15, -0.1) is 0 Å². The number of carbonyl (C=O) groups excluding carboxylic acids is 1. The smallest absolute Gasteiger partial charge is 0.323 e. The molecule has 2 bridgehead atoms. The van der Waals surface area contributed by atoms with Gasteiger partial charge in [0, 0.05) is 12.6 Å². The maximum absolute atomic E-state index is 11.9. The number of methoxy groups -OCH3 is 1. The van der Waals surface area contributed by atoms with Crippen molar-refractivity contribution in [2.45, 2.75) is 37.9 Å². The molecule has 3 heteroatoms. The summed E-state index contributed by atoms with van der Waals surface area (Å²) in [5, 5.41) is 0. The minimum absolute atomic E-state index is 0.0195. The molecule has 1 saturated heterocycles. The number of nitrogens with zero attached hydrogens (tertiary/aromatic N) is 1. The largest absolute Gasteiger partial charge is 0.468 e. The van der Waals surface area contributed by atoms with Gasteiger partial charge >= 0.3 is 5.97 Å². The van der Waals surface area contributed by atoms with Gasteiger partial charge in [-0.3, -0.25) is 9.69 Å². The van der Waals surface area contributed by atoms with Gasteiger partial charge in [-0.1, -0.05) is 30.3 Å². The fraction of sp³-hybridized carbons (Fsp3) is 0.533. The summed E-state index contributed by atoms with van der Waals surface area (Å²) in [5.41, 5.74) is 1.28. The van der Waals surface area contributed by atoms with E-state index in [2.05, 4.69) is 29.2 Å². The summed E-state index contributed by atoms with van der Waals surface area (Å²) in [6.07, 6.45) is 3.56. The van der Waals surface area contributed by atoms with Crippen LogP contribution in [0, 0.1) is 5.92 Å². The van der Waals surface area contributed by atoms with Crippen LogP contribution in [0.4, 0.5) is 0 Å². The van der Waals surface area contributed by atoms with Crippen LogP contribution < -0.4 is 0 Å². The number of rotatable bonds is 3. The third-order valence-electron chi connectivity index (χ3n) is 4.37. The minimum Gasteiger partial charge on any atom is -0.468 e. The predicted octanol–water partition coefficient (Wildman–Crippen LogP) is 2.21. The van der Waals surface area contributed by atoms with Crippen molar-refractivity contribution in [3.05, 3.63) is 35.9 Å². The molecule has 1 aliphatic heterocycles. The molecule has 0 radical (unpaired) electrons. The third kappa shape index (κ3) is 1.93. The molecular weight excluding hydrogens is 226 g/mol. The van der Waals surface area contributed by atoms with Crippen LogP contribution in [-0.4, -0.2) is 30.1 Å². The van der Waals surface area contributed by atoms with Crippen LogP contribution in [0.1, 0.15) is 24.8 Å². The Morgan fingerprint density at radius 3 is 2.83 bits per heavy atom. The monoisotopic (exact) mass is 245 g/mol.